The van der Waals surface area contributed by atoms with Crippen LogP contribution >= 0.6 is 11.3 Å². The van der Waals surface area contributed by atoms with Crippen LogP contribution in [-0.2, 0) is 4.74 Å². The van der Waals surface area contributed by atoms with Crippen molar-refractivity contribution in [2.24, 2.45) is 0 Å². The number of esters is 1. The minimum Gasteiger partial charge on any atom is -0.462 e. The highest BCUT2D eigenvalue weighted by Gasteiger charge is 2.16. The average Bonchev–Trinajstić information content (AvgIpc) is 3.02. The van der Waals surface area contributed by atoms with Crippen LogP contribution in [0, 0.1) is 0 Å². The molecule has 1 aromatic heterocycles. The van der Waals surface area contributed by atoms with Gasteiger partial charge in [0.1, 0.15) is 4.88 Å². The van der Waals surface area contributed by atoms with E-state index in [1.165, 1.54) is 24.2 Å². The van der Waals surface area contributed by atoms with Gasteiger partial charge in [0.15, 0.2) is 0 Å². The quantitative estimate of drug-likeness (QED) is 0.627. The van der Waals surface area contributed by atoms with Crippen LogP contribution in [0.25, 0.3) is 0 Å². The largest absolute Gasteiger partial charge is 0.462 e. The summed E-state index contributed by atoms with van der Waals surface area (Å²) < 4.78 is 5.11. The van der Waals surface area contributed by atoms with Crippen LogP contribution in [0.3, 0.4) is 0 Å². The SMILES string of the molecule is CCCCN(CC)CCC(O)c1ccc(C(=O)OCCC)s1. The van der Waals surface area contributed by atoms with Gasteiger partial charge in [-0.3, -0.25) is 0 Å². The van der Waals surface area contributed by atoms with Crippen molar-refractivity contribution in [3.63, 3.8) is 0 Å². The lowest BCUT2D eigenvalue weighted by atomic mass is 10.2. The number of aliphatic hydroxyl groups is 1. The molecular formula is C17H29NO3S. The van der Waals surface area contributed by atoms with E-state index in [9.17, 15) is 9.90 Å². The summed E-state index contributed by atoms with van der Waals surface area (Å²) in [6, 6.07) is 3.58. The molecule has 0 aliphatic heterocycles. The van der Waals surface area contributed by atoms with Gasteiger partial charge in [0.2, 0.25) is 0 Å². The number of rotatable bonds is 11. The van der Waals surface area contributed by atoms with Gasteiger partial charge in [-0.15, -0.1) is 11.3 Å². The summed E-state index contributed by atoms with van der Waals surface area (Å²) in [5.41, 5.74) is 0. The third-order valence-electron chi connectivity index (χ3n) is 3.59. The van der Waals surface area contributed by atoms with Crippen molar-refractivity contribution < 1.29 is 14.6 Å². The Bertz CT molecular complexity index is 433. The van der Waals surface area contributed by atoms with Crippen LogP contribution in [-0.4, -0.2) is 42.2 Å². The molecule has 0 saturated carbocycles. The normalized spacial score (nSPS) is 12.6. The molecule has 1 heterocycles. The van der Waals surface area contributed by atoms with E-state index in [0.717, 1.165) is 30.9 Å². The molecule has 0 saturated heterocycles. The molecule has 0 aliphatic rings. The number of hydrogen-bond donors (Lipinski definition) is 1. The van der Waals surface area contributed by atoms with Crippen molar-refractivity contribution in [3.05, 3.63) is 21.9 Å². The smallest absolute Gasteiger partial charge is 0.348 e. The molecule has 1 rings (SSSR count). The number of ether oxygens (including phenoxy) is 1. The minimum absolute atomic E-state index is 0.288. The third-order valence-corrected chi connectivity index (χ3v) is 4.75. The standard InChI is InChI=1S/C17H29NO3S/c1-4-7-11-18(6-3)12-10-14(19)15-8-9-16(22-15)17(20)21-13-5-2/h8-9,14,19H,4-7,10-13H2,1-3H3. The van der Waals surface area contributed by atoms with Gasteiger partial charge in [-0.1, -0.05) is 27.2 Å². The zero-order valence-corrected chi connectivity index (χ0v) is 14.8. The van der Waals surface area contributed by atoms with E-state index in [4.69, 9.17) is 4.74 Å². The second-order valence-electron chi connectivity index (χ2n) is 5.43. The number of thiophene rings is 1. The molecule has 22 heavy (non-hydrogen) atoms. The first-order valence-electron chi connectivity index (χ1n) is 8.29. The summed E-state index contributed by atoms with van der Waals surface area (Å²) >= 11 is 1.33. The van der Waals surface area contributed by atoms with Gasteiger partial charge in [0.25, 0.3) is 0 Å². The predicted molar refractivity (Wildman–Crippen MR) is 91.5 cm³/mol. The van der Waals surface area contributed by atoms with Crippen LogP contribution in [0.5, 0.6) is 0 Å². The first kappa shape index (κ1) is 19.1. The second kappa shape index (κ2) is 10.8. The second-order valence-corrected chi connectivity index (χ2v) is 6.55. The number of carbonyl (C=O) groups excluding carboxylic acids is 1. The predicted octanol–water partition coefficient (Wildman–Crippen LogP) is 3.86. The molecule has 0 aromatic carbocycles. The lowest BCUT2D eigenvalue weighted by molar-refractivity contribution is 0.0511. The van der Waals surface area contributed by atoms with E-state index in [1.807, 2.05) is 13.0 Å². The van der Waals surface area contributed by atoms with Crippen molar-refractivity contribution in [2.75, 3.05) is 26.2 Å². The number of unbranched alkanes of at least 4 members (excludes halogenated alkanes) is 1. The molecule has 0 amide bonds. The van der Waals surface area contributed by atoms with Gasteiger partial charge in [-0.25, -0.2) is 4.79 Å². The lowest BCUT2D eigenvalue weighted by Crippen LogP contribution is -2.26. The highest BCUT2D eigenvalue weighted by atomic mass is 32.1. The Morgan fingerprint density at radius 2 is 2.05 bits per heavy atom. The van der Waals surface area contributed by atoms with E-state index in [0.29, 0.717) is 17.9 Å². The maximum absolute atomic E-state index is 11.8. The summed E-state index contributed by atoms with van der Waals surface area (Å²) in [5.74, 6) is -0.288. The fourth-order valence-corrected chi connectivity index (χ4v) is 3.09. The Morgan fingerprint density at radius 1 is 1.27 bits per heavy atom. The van der Waals surface area contributed by atoms with E-state index >= 15 is 0 Å². The molecule has 0 bridgehead atoms. The van der Waals surface area contributed by atoms with E-state index in [-0.39, 0.29) is 5.97 Å². The Kier molecular flexibility index (Phi) is 9.36. The van der Waals surface area contributed by atoms with Crippen molar-refractivity contribution in [1.29, 1.82) is 0 Å². The number of aliphatic hydroxyl groups excluding tert-OH is 1. The molecule has 5 heteroatoms. The van der Waals surface area contributed by atoms with Gasteiger partial charge in [-0.2, -0.15) is 0 Å². The summed E-state index contributed by atoms with van der Waals surface area (Å²) in [4.78, 5) is 15.5. The molecule has 1 unspecified atom stereocenters. The van der Waals surface area contributed by atoms with Crippen molar-refractivity contribution in [2.45, 2.75) is 52.6 Å². The summed E-state index contributed by atoms with van der Waals surface area (Å²) in [7, 11) is 0. The first-order valence-corrected chi connectivity index (χ1v) is 9.11. The molecule has 1 atom stereocenters. The highest BCUT2D eigenvalue weighted by Crippen LogP contribution is 2.26. The van der Waals surface area contributed by atoms with Gasteiger partial charge in [-0.05, 0) is 44.5 Å². The summed E-state index contributed by atoms with van der Waals surface area (Å²) in [5, 5.41) is 10.3. The first-order chi connectivity index (χ1) is 10.6. The molecule has 1 aromatic rings. The zero-order chi connectivity index (χ0) is 16.4. The van der Waals surface area contributed by atoms with E-state index < -0.39 is 6.10 Å². The van der Waals surface area contributed by atoms with E-state index in [1.54, 1.807) is 6.07 Å². The number of carbonyl (C=O) groups is 1. The zero-order valence-electron chi connectivity index (χ0n) is 14.0. The molecule has 0 fully saturated rings. The molecule has 0 aliphatic carbocycles. The van der Waals surface area contributed by atoms with Gasteiger partial charge in [0.05, 0.1) is 12.7 Å². The summed E-state index contributed by atoms with van der Waals surface area (Å²) in [6.45, 7) is 9.71. The third kappa shape index (κ3) is 6.46. The fourth-order valence-electron chi connectivity index (χ4n) is 2.16. The highest BCUT2D eigenvalue weighted by molar-refractivity contribution is 7.14. The monoisotopic (exact) mass is 327 g/mol. The van der Waals surface area contributed by atoms with Crippen LogP contribution < -0.4 is 0 Å². The fraction of sp³-hybridized carbons (Fsp3) is 0.706. The maximum atomic E-state index is 11.8. The Hall–Kier alpha value is -0.910. The summed E-state index contributed by atoms with van der Waals surface area (Å²) in [6.07, 6.45) is 3.39. The maximum Gasteiger partial charge on any atom is 0.348 e. The molecule has 1 N–H and O–H groups in total. The molecule has 0 radical (unpaired) electrons. The molecular weight excluding hydrogens is 298 g/mol. The Balaban J connectivity index is 2.46. The Labute approximate surface area is 138 Å². The van der Waals surface area contributed by atoms with Gasteiger partial charge >= 0.3 is 5.97 Å². The lowest BCUT2D eigenvalue weighted by Gasteiger charge is -2.21. The number of nitrogens with zero attached hydrogens (tertiary/aromatic N) is 1. The van der Waals surface area contributed by atoms with E-state index in [2.05, 4.69) is 18.7 Å². The van der Waals surface area contributed by atoms with Crippen LogP contribution in [0.2, 0.25) is 0 Å². The van der Waals surface area contributed by atoms with Crippen LogP contribution in [0.15, 0.2) is 12.1 Å². The number of hydrogen-bond acceptors (Lipinski definition) is 5. The van der Waals surface area contributed by atoms with Gasteiger partial charge < -0.3 is 14.7 Å². The van der Waals surface area contributed by atoms with Crippen LogP contribution in [0.1, 0.15) is 67.1 Å². The van der Waals surface area contributed by atoms with Crippen molar-refractivity contribution in [1.82, 2.24) is 4.90 Å². The molecule has 0 spiro atoms. The topological polar surface area (TPSA) is 49.8 Å². The van der Waals surface area contributed by atoms with Gasteiger partial charge in [0, 0.05) is 11.4 Å². The van der Waals surface area contributed by atoms with Crippen molar-refractivity contribution in [3.8, 4) is 0 Å². The molecule has 126 valence electrons. The molecule has 4 nitrogen and oxygen atoms in total. The average molecular weight is 327 g/mol. The minimum atomic E-state index is -0.506. The Morgan fingerprint density at radius 3 is 2.68 bits per heavy atom. The van der Waals surface area contributed by atoms with Crippen molar-refractivity contribution >= 4 is 17.3 Å². The van der Waals surface area contributed by atoms with Crippen LogP contribution in [0.4, 0.5) is 0 Å².